The molecule has 1 aromatic carbocycles. The second-order valence-electron chi connectivity index (χ2n) is 7.13. The van der Waals surface area contributed by atoms with Gasteiger partial charge in [-0.1, -0.05) is 24.3 Å². The molecule has 6 nitrogen and oxygen atoms in total. The van der Waals surface area contributed by atoms with E-state index in [4.69, 9.17) is 0 Å². The van der Waals surface area contributed by atoms with E-state index in [1.165, 1.54) is 11.1 Å². The smallest absolute Gasteiger partial charge is 0.234 e. The van der Waals surface area contributed by atoms with E-state index in [0.717, 1.165) is 48.6 Å². The van der Waals surface area contributed by atoms with Gasteiger partial charge in [0, 0.05) is 32.7 Å². The fourth-order valence-electron chi connectivity index (χ4n) is 3.63. The number of piperazine rings is 1. The molecule has 1 fully saturated rings. The average molecular weight is 396 g/mol. The largest absolute Gasteiger partial charge is 0.355 e. The van der Waals surface area contributed by atoms with Gasteiger partial charge in [0.25, 0.3) is 0 Å². The van der Waals surface area contributed by atoms with Crippen LogP contribution in [0.1, 0.15) is 11.1 Å². The summed E-state index contributed by atoms with van der Waals surface area (Å²) in [7, 11) is 0. The standard InChI is InChI=1S/C21H25N5OS/c1-16-4-2-3-5-17(16)6-8-22-19(27)14-25-9-11-26(12-10-25)20-18-7-13-28-21(18)24-15-23-20/h2-5,7,13,15H,6,8-12,14H2,1H3,(H,22,27). The number of carbonyl (C=O) groups is 1. The Labute approximate surface area is 169 Å². The molecule has 0 aliphatic carbocycles. The van der Waals surface area contributed by atoms with Crippen molar-refractivity contribution in [3.63, 3.8) is 0 Å². The van der Waals surface area contributed by atoms with Crippen molar-refractivity contribution in [3.05, 3.63) is 53.2 Å². The number of rotatable bonds is 6. The number of hydrogen-bond donors (Lipinski definition) is 1. The van der Waals surface area contributed by atoms with Gasteiger partial charge < -0.3 is 10.2 Å². The monoisotopic (exact) mass is 395 g/mol. The molecule has 0 bridgehead atoms. The molecule has 0 saturated carbocycles. The van der Waals surface area contributed by atoms with Crippen molar-refractivity contribution >= 4 is 33.3 Å². The minimum atomic E-state index is 0.101. The number of benzene rings is 1. The molecule has 0 atom stereocenters. The van der Waals surface area contributed by atoms with Crippen LogP contribution in [0, 0.1) is 6.92 Å². The van der Waals surface area contributed by atoms with Gasteiger partial charge in [0.05, 0.1) is 11.9 Å². The molecule has 4 rings (SSSR count). The summed E-state index contributed by atoms with van der Waals surface area (Å²) in [6.07, 6.45) is 2.51. The Bertz CT molecular complexity index is 949. The minimum Gasteiger partial charge on any atom is -0.355 e. The molecule has 1 N–H and O–H groups in total. The van der Waals surface area contributed by atoms with E-state index < -0.39 is 0 Å². The SMILES string of the molecule is Cc1ccccc1CCNC(=O)CN1CCN(c2ncnc3sccc23)CC1. The highest BCUT2D eigenvalue weighted by Crippen LogP contribution is 2.27. The second-order valence-corrected chi connectivity index (χ2v) is 8.02. The highest BCUT2D eigenvalue weighted by molar-refractivity contribution is 7.16. The van der Waals surface area contributed by atoms with Gasteiger partial charge in [-0.3, -0.25) is 9.69 Å². The molecule has 0 unspecified atom stereocenters. The number of nitrogens with zero attached hydrogens (tertiary/aromatic N) is 4. The third kappa shape index (κ3) is 4.31. The maximum atomic E-state index is 12.3. The Hall–Kier alpha value is -2.51. The van der Waals surface area contributed by atoms with Crippen molar-refractivity contribution in [3.8, 4) is 0 Å². The van der Waals surface area contributed by atoms with Crippen LogP contribution in [-0.2, 0) is 11.2 Å². The van der Waals surface area contributed by atoms with Crippen molar-refractivity contribution < 1.29 is 4.79 Å². The van der Waals surface area contributed by atoms with Crippen molar-refractivity contribution in [2.24, 2.45) is 0 Å². The number of anilines is 1. The highest BCUT2D eigenvalue weighted by atomic mass is 32.1. The number of aromatic nitrogens is 2. The van der Waals surface area contributed by atoms with E-state index >= 15 is 0 Å². The zero-order chi connectivity index (χ0) is 19.3. The van der Waals surface area contributed by atoms with Gasteiger partial charge in [-0.15, -0.1) is 11.3 Å². The van der Waals surface area contributed by atoms with E-state index in [2.05, 4.69) is 55.6 Å². The Morgan fingerprint density at radius 2 is 1.96 bits per heavy atom. The molecular weight excluding hydrogens is 370 g/mol. The molecule has 0 radical (unpaired) electrons. The van der Waals surface area contributed by atoms with Crippen LogP contribution in [0.3, 0.4) is 0 Å². The first kappa shape index (κ1) is 18.8. The van der Waals surface area contributed by atoms with Crippen LogP contribution in [-0.4, -0.2) is 60.0 Å². The lowest BCUT2D eigenvalue weighted by Gasteiger charge is -2.35. The summed E-state index contributed by atoms with van der Waals surface area (Å²) in [6.45, 7) is 6.72. The molecule has 2 aromatic heterocycles. The van der Waals surface area contributed by atoms with Crippen LogP contribution < -0.4 is 10.2 Å². The van der Waals surface area contributed by atoms with Gasteiger partial charge >= 0.3 is 0 Å². The normalized spacial score (nSPS) is 15.1. The summed E-state index contributed by atoms with van der Waals surface area (Å²) in [5.74, 6) is 1.11. The predicted octanol–water partition coefficient (Wildman–Crippen LogP) is 2.48. The Balaban J connectivity index is 1.23. The van der Waals surface area contributed by atoms with Gasteiger partial charge in [-0.2, -0.15) is 0 Å². The number of aryl methyl sites for hydroxylation is 1. The number of carbonyl (C=O) groups excluding carboxylic acids is 1. The fourth-order valence-corrected chi connectivity index (χ4v) is 4.36. The Morgan fingerprint density at radius 1 is 1.14 bits per heavy atom. The number of fused-ring (bicyclic) bond motifs is 1. The summed E-state index contributed by atoms with van der Waals surface area (Å²) in [5, 5.41) is 6.23. The maximum Gasteiger partial charge on any atom is 0.234 e. The summed E-state index contributed by atoms with van der Waals surface area (Å²) in [6, 6.07) is 10.4. The molecule has 1 amide bonds. The minimum absolute atomic E-state index is 0.101. The number of amides is 1. The Kier molecular flexibility index (Phi) is 5.83. The van der Waals surface area contributed by atoms with Crippen LogP contribution in [0.5, 0.6) is 0 Å². The zero-order valence-electron chi connectivity index (χ0n) is 16.1. The molecular formula is C21H25N5OS. The summed E-state index contributed by atoms with van der Waals surface area (Å²) >= 11 is 1.64. The van der Waals surface area contributed by atoms with Crippen LogP contribution in [0.15, 0.2) is 42.0 Å². The topological polar surface area (TPSA) is 61.4 Å². The lowest BCUT2D eigenvalue weighted by Crippen LogP contribution is -2.49. The third-order valence-electron chi connectivity index (χ3n) is 5.26. The van der Waals surface area contributed by atoms with E-state index in [9.17, 15) is 4.79 Å². The van der Waals surface area contributed by atoms with Crippen molar-refractivity contribution in [1.82, 2.24) is 20.2 Å². The van der Waals surface area contributed by atoms with Crippen LogP contribution >= 0.6 is 11.3 Å². The second kappa shape index (κ2) is 8.67. The molecule has 28 heavy (non-hydrogen) atoms. The van der Waals surface area contributed by atoms with Gasteiger partial charge in [-0.05, 0) is 35.9 Å². The molecule has 3 aromatic rings. The molecule has 1 saturated heterocycles. The van der Waals surface area contributed by atoms with Gasteiger partial charge in [0.2, 0.25) is 5.91 Å². The molecule has 1 aliphatic rings. The van der Waals surface area contributed by atoms with Gasteiger partial charge in [0.1, 0.15) is 17.0 Å². The highest BCUT2D eigenvalue weighted by Gasteiger charge is 2.21. The first-order chi connectivity index (χ1) is 13.7. The molecule has 7 heteroatoms. The quantitative estimate of drug-likeness (QED) is 0.695. The van der Waals surface area contributed by atoms with E-state index in [1.807, 2.05) is 12.1 Å². The summed E-state index contributed by atoms with van der Waals surface area (Å²) in [5.41, 5.74) is 2.57. The molecule has 3 heterocycles. The zero-order valence-corrected chi connectivity index (χ0v) is 16.9. The van der Waals surface area contributed by atoms with Crippen molar-refractivity contribution in [1.29, 1.82) is 0 Å². The molecule has 0 spiro atoms. The van der Waals surface area contributed by atoms with Crippen LogP contribution in [0.4, 0.5) is 5.82 Å². The number of thiophene rings is 1. The first-order valence-electron chi connectivity index (χ1n) is 9.67. The number of nitrogens with one attached hydrogen (secondary N) is 1. The van der Waals surface area contributed by atoms with E-state index in [1.54, 1.807) is 17.7 Å². The van der Waals surface area contributed by atoms with Gasteiger partial charge in [0.15, 0.2) is 0 Å². The Morgan fingerprint density at radius 3 is 2.79 bits per heavy atom. The maximum absolute atomic E-state index is 12.3. The lowest BCUT2D eigenvalue weighted by molar-refractivity contribution is -0.122. The van der Waals surface area contributed by atoms with Gasteiger partial charge in [-0.25, -0.2) is 9.97 Å². The summed E-state index contributed by atoms with van der Waals surface area (Å²) < 4.78 is 0. The third-order valence-corrected chi connectivity index (χ3v) is 6.08. The van der Waals surface area contributed by atoms with E-state index in [-0.39, 0.29) is 5.91 Å². The van der Waals surface area contributed by atoms with Crippen LogP contribution in [0.2, 0.25) is 0 Å². The van der Waals surface area contributed by atoms with Crippen molar-refractivity contribution in [2.45, 2.75) is 13.3 Å². The van der Waals surface area contributed by atoms with Crippen molar-refractivity contribution in [2.75, 3.05) is 44.2 Å². The van der Waals surface area contributed by atoms with E-state index in [0.29, 0.717) is 13.1 Å². The fraction of sp³-hybridized carbons (Fsp3) is 0.381. The molecule has 1 aliphatic heterocycles. The number of hydrogen-bond acceptors (Lipinski definition) is 6. The van der Waals surface area contributed by atoms with Crippen LogP contribution in [0.25, 0.3) is 10.2 Å². The average Bonchev–Trinajstić information content (AvgIpc) is 3.19. The first-order valence-corrected chi connectivity index (χ1v) is 10.6. The lowest BCUT2D eigenvalue weighted by atomic mass is 10.1. The predicted molar refractivity (Wildman–Crippen MR) is 114 cm³/mol. The summed E-state index contributed by atoms with van der Waals surface area (Å²) in [4.78, 5) is 26.6. The molecule has 146 valence electrons.